The third kappa shape index (κ3) is 3.88. The van der Waals surface area contributed by atoms with Crippen LogP contribution in [0.4, 0.5) is 10.1 Å². The second kappa shape index (κ2) is 7.53. The van der Waals surface area contributed by atoms with E-state index >= 15 is 0 Å². The molecule has 0 saturated carbocycles. The van der Waals surface area contributed by atoms with Crippen molar-refractivity contribution in [1.29, 1.82) is 0 Å². The Morgan fingerprint density at radius 3 is 2.86 bits per heavy atom. The van der Waals surface area contributed by atoms with Crippen LogP contribution < -0.4 is 9.64 Å². The largest absolute Gasteiger partial charge is 0.487 e. The highest BCUT2D eigenvalue weighted by Crippen LogP contribution is 2.29. The molecule has 6 heteroatoms. The third-order valence-corrected chi connectivity index (χ3v) is 5.57. The molecule has 1 saturated heterocycles. The molecule has 1 fully saturated rings. The quantitative estimate of drug-likeness (QED) is 0.881. The number of carbonyl (C=O) groups excluding carboxylic acids is 1. The van der Waals surface area contributed by atoms with E-state index in [4.69, 9.17) is 4.74 Å². The molecule has 28 heavy (non-hydrogen) atoms. The van der Waals surface area contributed by atoms with Gasteiger partial charge in [-0.2, -0.15) is 0 Å². The Kier molecular flexibility index (Phi) is 5.08. The average Bonchev–Trinajstić information content (AvgIpc) is 3.08. The standard InChI is InChI=1S/C22H25FN2O3/c1-22(27)15-24(11-10-20(22)28-18-7-4-6-17(23)13-18)14-21(26)25-12-9-16-5-2-3-8-19(16)25/h2-8,13,20,27H,9-12,14-15H2,1H3/t20-,22-/m0/s1. The van der Waals surface area contributed by atoms with E-state index in [9.17, 15) is 14.3 Å². The summed E-state index contributed by atoms with van der Waals surface area (Å²) in [6.07, 6.45) is 0.990. The van der Waals surface area contributed by atoms with Crippen molar-refractivity contribution >= 4 is 11.6 Å². The maximum atomic E-state index is 13.4. The van der Waals surface area contributed by atoms with Gasteiger partial charge in [0.2, 0.25) is 5.91 Å². The number of anilines is 1. The van der Waals surface area contributed by atoms with Gasteiger partial charge in [-0.05, 0) is 43.5 Å². The number of nitrogens with zero attached hydrogens (tertiary/aromatic N) is 2. The topological polar surface area (TPSA) is 53.0 Å². The molecule has 148 valence electrons. The number of amides is 1. The number of aliphatic hydroxyl groups is 1. The summed E-state index contributed by atoms with van der Waals surface area (Å²) in [6.45, 7) is 3.63. The maximum absolute atomic E-state index is 13.4. The molecule has 0 radical (unpaired) electrons. The van der Waals surface area contributed by atoms with Crippen molar-refractivity contribution in [3.63, 3.8) is 0 Å². The van der Waals surface area contributed by atoms with E-state index in [0.717, 1.165) is 12.1 Å². The Hall–Kier alpha value is -2.44. The van der Waals surface area contributed by atoms with Crippen LogP contribution in [-0.2, 0) is 11.2 Å². The van der Waals surface area contributed by atoms with Gasteiger partial charge in [0.25, 0.3) is 0 Å². The minimum absolute atomic E-state index is 0.0465. The summed E-state index contributed by atoms with van der Waals surface area (Å²) in [7, 11) is 0. The Labute approximate surface area is 164 Å². The molecule has 2 aromatic carbocycles. The van der Waals surface area contributed by atoms with Crippen molar-refractivity contribution in [1.82, 2.24) is 4.90 Å². The predicted octanol–water partition coefficient (Wildman–Crippen LogP) is 2.62. The highest BCUT2D eigenvalue weighted by atomic mass is 19.1. The van der Waals surface area contributed by atoms with E-state index < -0.39 is 11.7 Å². The minimum Gasteiger partial charge on any atom is -0.487 e. The van der Waals surface area contributed by atoms with Gasteiger partial charge in [-0.3, -0.25) is 9.69 Å². The SMILES string of the molecule is C[C@]1(O)CN(CC(=O)N2CCc3ccccc32)CC[C@@H]1Oc1cccc(F)c1. The summed E-state index contributed by atoms with van der Waals surface area (Å²) >= 11 is 0. The third-order valence-electron chi connectivity index (χ3n) is 5.57. The lowest BCUT2D eigenvalue weighted by Gasteiger charge is -2.42. The molecule has 1 N–H and O–H groups in total. The fourth-order valence-corrected chi connectivity index (χ4v) is 4.14. The lowest BCUT2D eigenvalue weighted by atomic mass is 9.91. The van der Waals surface area contributed by atoms with Crippen molar-refractivity contribution < 1.29 is 19.0 Å². The average molecular weight is 384 g/mol. The van der Waals surface area contributed by atoms with Crippen LogP contribution in [0.25, 0.3) is 0 Å². The van der Waals surface area contributed by atoms with Gasteiger partial charge in [0.05, 0.1) is 6.54 Å². The molecule has 0 unspecified atom stereocenters. The molecule has 2 atom stereocenters. The molecule has 1 amide bonds. The second-order valence-electron chi connectivity index (χ2n) is 7.84. The number of hydrogen-bond donors (Lipinski definition) is 1. The molecular formula is C22H25FN2O3. The van der Waals surface area contributed by atoms with Gasteiger partial charge in [0.1, 0.15) is 23.3 Å². The molecule has 2 aliphatic heterocycles. The van der Waals surface area contributed by atoms with Gasteiger partial charge >= 0.3 is 0 Å². The molecule has 0 spiro atoms. The summed E-state index contributed by atoms with van der Waals surface area (Å²) in [4.78, 5) is 16.6. The number of halogens is 1. The van der Waals surface area contributed by atoms with Crippen LogP contribution >= 0.6 is 0 Å². The first kappa shape index (κ1) is 18.9. The number of hydrogen-bond acceptors (Lipinski definition) is 4. The lowest BCUT2D eigenvalue weighted by Crippen LogP contribution is -2.58. The Bertz CT molecular complexity index is 870. The molecule has 0 aliphatic carbocycles. The summed E-state index contributed by atoms with van der Waals surface area (Å²) in [6, 6.07) is 13.9. The number of piperidine rings is 1. The molecule has 2 aromatic rings. The van der Waals surface area contributed by atoms with Gasteiger partial charge in [0, 0.05) is 31.4 Å². The van der Waals surface area contributed by atoms with Crippen molar-refractivity contribution in [2.24, 2.45) is 0 Å². The van der Waals surface area contributed by atoms with Gasteiger partial charge in [-0.25, -0.2) is 4.39 Å². The van der Waals surface area contributed by atoms with E-state index in [1.54, 1.807) is 19.1 Å². The first-order valence-corrected chi connectivity index (χ1v) is 9.67. The summed E-state index contributed by atoms with van der Waals surface area (Å²) in [5.41, 5.74) is 1.06. The van der Waals surface area contributed by atoms with Crippen molar-refractivity contribution in [3.8, 4) is 5.75 Å². The van der Waals surface area contributed by atoms with Crippen LogP contribution in [-0.4, -0.2) is 53.8 Å². The van der Waals surface area contributed by atoms with Crippen LogP contribution in [0.2, 0.25) is 0 Å². The van der Waals surface area contributed by atoms with E-state index in [0.29, 0.717) is 31.8 Å². The maximum Gasteiger partial charge on any atom is 0.241 e. The van der Waals surface area contributed by atoms with Crippen LogP contribution in [0, 0.1) is 5.82 Å². The van der Waals surface area contributed by atoms with Crippen LogP contribution in [0.5, 0.6) is 5.75 Å². The van der Waals surface area contributed by atoms with E-state index in [1.807, 2.05) is 28.0 Å². The van der Waals surface area contributed by atoms with Crippen molar-refractivity contribution in [2.45, 2.75) is 31.5 Å². The summed E-state index contributed by atoms with van der Waals surface area (Å²) in [5.74, 6) is 0.0831. The molecule has 0 aromatic heterocycles. The summed E-state index contributed by atoms with van der Waals surface area (Å²) in [5, 5.41) is 10.9. The number of benzene rings is 2. The lowest BCUT2D eigenvalue weighted by molar-refractivity contribution is -0.125. The fraction of sp³-hybridized carbons (Fsp3) is 0.409. The molecule has 0 bridgehead atoms. The second-order valence-corrected chi connectivity index (χ2v) is 7.84. The highest BCUT2D eigenvalue weighted by molar-refractivity contribution is 5.96. The number of likely N-dealkylation sites (tertiary alicyclic amines) is 1. The smallest absolute Gasteiger partial charge is 0.241 e. The first-order chi connectivity index (χ1) is 13.4. The van der Waals surface area contributed by atoms with Crippen LogP contribution in [0.1, 0.15) is 18.9 Å². The molecule has 2 aliphatic rings. The van der Waals surface area contributed by atoms with Gasteiger partial charge in [-0.1, -0.05) is 24.3 Å². The first-order valence-electron chi connectivity index (χ1n) is 9.67. The Balaban J connectivity index is 1.37. The van der Waals surface area contributed by atoms with Gasteiger partial charge in [0.15, 0.2) is 0 Å². The van der Waals surface area contributed by atoms with Crippen LogP contribution in [0.3, 0.4) is 0 Å². The Morgan fingerprint density at radius 2 is 2.07 bits per heavy atom. The highest BCUT2D eigenvalue weighted by Gasteiger charge is 2.40. The number of rotatable bonds is 4. The molecule has 4 rings (SSSR count). The van der Waals surface area contributed by atoms with Crippen molar-refractivity contribution in [2.75, 3.05) is 31.1 Å². The van der Waals surface area contributed by atoms with E-state index in [-0.39, 0.29) is 18.3 Å². The molecular weight excluding hydrogens is 359 g/mol. The monoisotopic (exact) mass is 384 g/mol. The predicted molar refractivity (Wildman–Crippen MR) is 105 cm³/mol. The number of ether oxygens (including phenoxy) is 1. The summed E-state index contributed by atoms with van der Waals surface area (Å²) < 4.78 is 19.2. The van der Waals surface area contributed by atoms with Crippen molar-refractivity contribution in [3.05, 3.63) is 59.9 Å². The molecule has 5 nitrogen and oxygen atoms in total. The number of carbonyl (C=O) groups is 1. The zero-order valence-electron chi connectivity index (χ0n) is 16.0. The number of β-amino-alcohol motifs (C(OH)–C–C–N with tert-alkyl or cyclic N) is 1. The van der Waals surface area contributed by atoms with Gasteiger partial charge < -0.3 is 14.7 Å². The molecule has 2 heterocycles. The fourth-order valence-electron chi connectivity index (χ4n) is 4.14. The van der Waals surface area contributed by atoms with E-state index in [1.165, 1.54) is 17.7 Å². The number of fused-ring (bicyclic) bond motifs is 1. The number of para-hydroxylation sites is 1. The van der Waals surface area contributed by atoms with Crippen LogP contribution in [0.15, 0.2) is 48.5 Å². The van der Waals surface area contributed by atoms with E-state index in [2.05, 4.69) is 6.07 Å². The van der Waals surface area contributed by atoms with Gasteiger partial charge in [-0.15, -0.1) is 0 Å². The normalized spacial score (nSPS) is 24.8. The zero-order valence-corrected chi connectivity index (χ0v) is 16.0. The minimum atomic E-state index is -1.13. The Morgan fingerprint density at radius 1 is 1.25 bits per heavy atom. The zero-order chi connectivity index (χ0) is 19.7.